The number of hydrogen-bond acceptors (Lipinski definition) is 6. The van der Waals surface area contributed by atoms with Crippen LogP contribution in [-0.4, -0.2) is 35.4 Å². The Morgan fingerprint density at radius 3 is 2.50 bits per heavy atom. The van der Waals surface area contributed by atoms with Gasteiger partial charge in [-0.1, -0.05) is 48.0 Å². The summed E-state index contributed by atoms with van der Waals surface area (Å²) in [6, 6.07) is 18.6. The molecule has 1 aliphatic rings. The molecule has 4 aromatic rings. The van der Waals surface area contributed by atoms with Gasteiger partial charge in [-0.15, -0.1) is 0 Å². The zero-order valence-corrected chi connectivity index (χ0v) is 20.6. The van der Waals surface area contributed by atoms with Crippen molar-refractivity contribution in [3.63, 3.8) is 0 Å². The number of ether oxygens (including phenoxy) is 2. The molecule has 1 atom stereocenters. The number of benzene rings is 3. The van der Waals surface area contributed by atoms with E-state index in [2.05, 4.69) is 0 Å². The molecule has 1 amide bonds. The Morgan fingerprint density at radius 1 is 1.03 bits per heavy atom. The summed E-state index contributed by atoms with van der Waals surface area (Å²) >= 11 is 0. The largest absolute Gasteiger partial charge is 0.493 e. The highest BCUT2D eigenvalue weighted by molar-refractivity contribution is 6.03. The van der Waals surface area contributed by atoms with Crippen molar-refractivity contribution in [2.24, 2.45) is 5.10 Å². The van der Waals surface area contributed by atoms with E-state index >= 15 is 0 Å². The van der Waals surface area contributed by atoms with E-state index in [9.17, 15) is 9.59 Å². The van der Waals surface area contributed by atoms with Gasteiger partial charge < -0.3 is 13.9 Å². The number of aryl methyl sites for hydroxylation is 2. The summed E-state index contributed by atoms with van der Waals surface area (Å²) in [6.07, 6.45) is 0.485. The quantitative estimate of drug-likeness (QED) is 0.398. The van der Waals surface area contributed by atoms with Gasteiger partial charge >= 0.3 is 5.76 Å². The number of methoxy groups -OCH3 is 2. The highest BCUT2D eigenvalue weighted by Crippen LogP contribution is 2.41. The summed E-state index contributed by atoms with van der Waals surface area (Å²) in [4.78, 5) is 26.3. The van der Waals surface area contributed by atoms with Gasteiger partial charge in [-0.3, -0.25) is 9.36 Å². The third kappa shape index (κ3) is 4.15. The number of rotatable bonds is 6. The fourth-order valence-corrected chi connectivity index (χ4v) is 4.61. The molecule has 0 saturated heterocycles. The lowest BCUT2D eigenvalue weighted by atomic mass is 9.97. The molecule has 0 N–H and O–H groups in total. The Kier molecular flexibility index (Phi) is 6.10. The molecular weight excluding hydrogens is 458 g/mol. The van der Waals surface area contributed by atoms with Gasteiger partial charge in [-0.2, -0.15) is 5.10 Å². The first-order chi connectivity index (χ1) is 17.4. The monoisotopic (exact) mass is 485 g/mol. The number of hydrogen-bond donors (Lipinski definition) is 0. The van der Waals surface area contributed by atoms with Crippen molar-refractivity contribution >= 4 is 22.7 Å². The second-order valence-corrected chi connectivity index (χ2v) is 8.88. The van der Waals surface area contributed by atoms with Crippen LogP contribution in [-0.2, 0) is 11.3 Å². The van der Waals surface area contributed by atoms with Crippen LogP contribution in [0.5, 0.6) is 11.5 Å². The molecule has 8 nitrogen and oxygen atoms in total. The predicted octanol–water partition coefficient (Wildman–Crippen LogP) is 4.61. The van der Waals surface area contributed by atoms with Crippen molar-refractivity contribution in [2.75, 3.05) is 14.2 Å². The molecular formula is C28H27N3O5. The highest BCUT2D eigenvalue weighted by Gasteiger charge is 2.36. The second kappa shape index (κ2) is 9.37. The summed E-state index contributed by atoms with van der Waals surface area (Å²) < 4.78 is 17.9. The Balaban J connectivity index is 1.57. The van der Waals surface area contributed by atoms with E-state index in [1.165, 1.54) is 9.58 Å². The maximum absolute atomic E-state index is 13.7. The standard InChI is InChI=1S/C28H27N3O5/c1-17-8-11-19(12-9-17)21-15-22(20-6-5-7-25(34-3)27(20)35-4)31(29-21)26(32)16-30-23-14-18(2)10-13-24(23)36-28(30)33/h5-14,22H,15-16H2,1-4H3. The Bertz CT molecular complexity index is 1530. The van der Waals surface area contributed by atoms with E-state index in [1.807, 2.05) is 68.4 Å². The molecule has 1 aromatic heterocycles. The maximum atomic E-state index is 13.7. The number of fused-ring (bicyclic) bond motifs is 1. The SMILES string of the molecule is COc1cccc(C2CC(c3ccc(C)cc3)=NN2C(=O)Cn2c(=O)oc3ccc(C)cc32)c1OC. The molecule has 36 heavy (non-hydrogen) atoms. The van der Waals surface area contributed by atoms with Crippen molar-refractivity contribution in [3.05, 3.63) is 93.5 Å². The van der Waals surface area contributed by atoms with Crippen molar-refractivity contribution in [2.45, 2.75) is 32.9 Å². The molecule has 1 aliphatic heterocycles. The van der Waals surface area contributed by atoms with Crippen molar-refractivity contribution in [1.82, 2.24) is 9.58 Å². The van der Waals surface area contributed by atoms with Crippen LogP contribution in [0, 0.1) is 13.8 Å². The zero-order chi connectivity index (χ0) is 25.4. The number of para-hydroxylation sites is 1. The third-order valence-electron chi connectivity index (χ3n) is 6.46. The Hall–Kier alpha value is -4.33. The summed E-state index contributed by atoms with van der Waals surface area (Å²) in [7, 11) is 3.15. The minimum absolute atomic E-state index is 0.206. The molecule has 184 valence electrons. The van der Waals surface area contributed by atoms with Crippen LogP contribution < -0.4 is 15.2 Å². The van der Waals surface area contributed by atoms with Gasteiger partial charge in [0, 0.05) is 12.0 Å². The summed E-state index contributed by atoms with van der Waals surface area (Å²) in [5.74, 6) is 0.197. The molecule has 1 unspecified atom stereocenters. The number of oxazole rings is 1. The van der Waals surface area contributed by atoms with E-state index in [0.29, 0.717) is 29.0 Å². The Morgan fingerprint density at radius 2 is 1.78 bits per heavy atom. The zero-order valence-electron chi connectivity index (χ0n) is 20.6. The van der Waals surface area contributed by atoms with Gasteiger partial charge in [0.05, 0.1) is 31.5 Å². The van der Waals surface area contributed by atoms with Gasteiger partial charge in [-0.25, -0.2) is 9.80 Å². The summed E-state index contributed by atoms with van der Waals surface area (Å²) in [5.41, 5.74) is 5.60. The van der Waals surface area contributed by atoms with E-state index < -0.39 is 11.8 Å². The van der Waals surface area contributed by atoms with Crippen molar-refractivity contribution < 1.29 is 18.7 Å². The van der Waals surface area contributed by atoms with Crippen LogP contribution in [0.25, 0.3) is 11.1 Å². The molecule has 0 aliphatic carbocycles. The first-order valence-electron chi connectivity index (χ1n) is 11.7. The van der Waals surface area contributed by atoms with Gasteiger partial charge in [-0.05, 0) is 43.2 Å². The molecule has 0 saturated carbocycles. The smallest absolute Gasteiger partial charge is 0.420 e. The molecule has 0 bridgehead atoms. The van der Waals surface area contributed by atoms with Crippen molar-refractivity contribution in [1.29, 1.82) is 0 Å². The van der Waals surface area contributed by atoms with Crippen LogP contribution in [0.4, 0.5) is 0 Å². The van der Waals surface area contributed by atoms with E-state index in [-0.39, 0.29) is 12.5 Å². The third-order valence-corrected chi connectivity index (χ3v) is 6.46. The van der Waals surface area contributed by atoms with Crippen LogP contribution in [0.3, 0.4) is 0 Å². The van der Waals surface area contributed by atoms with Crippen LogP contribution in [0.1, 0.15) is 34.7 Å². The van der Waals surface area contributed by atoms with Gasteiger partial charge in [0.25, 0.3) is 5.91 Å². The first-order valence-corrected chi connectivity index (χ1v) is 11.7. The van der Waals surface area contributed by atoms with E-state index in [0.717, 1.165) is 28.0 Å². The van der Waals surface area contributed by atoms with E-state index in [1.54, 1.807) is 20.3 Å². The van der Waals surface area contributed by atoms with Crippen LogP contribution >= 0.6 is 0 Å². The number of amides is 1. The molecule has 2 heterocycles. The fourth-order valence-electron chi connectivity index (χ4n) is 4.61. The number of hydrazone groups is 1. The highest BCUT2D eigenvalue weighted by atomic mass is 16.5. The maximum Gasteiger partial charge on any atom is 0.420 e. The minimum atomic E-state index is -0.582. The predicted molar refractivity (Wildman–Crippen MR) is 137 cm³/mol. The molecule has 0 radical (unpaired) electrons. The normalized spacial score (nSPS) is 15.3. The number of carbonyl (C=O) groups excluding carboxylic acids is 1. The molecule has 0 spiro atoms. The second-order valence-electron chi connectivity index (χ2n) is 8.88. The number of carbonyl (C=O) groups is 1. The lowest BCUT2D eigenvalue weighted by Gasteiger charge is -2.24. The molecule has 5 rings (SSSR count). The van der Waals surface area contributed by atoms with Crippen molar-refractivity contribution in [3.8, 4) is 11.5 Å². The topological polar surface area (TPSA) is 86.3 Å². The van der Waals surface area contributed by atoms with Gasteiger partial charge in [0.15, 0.2) is 17.1 Å². The molecule has 8 heteroatoms. The van der Waals surface area contributed by atoms with Gasteiger partial charge in [0.1, 0.15) is 6.54 Å². The lowest BCUT2D eigenvalue weighted by Crippen LogP contribution is -2.33. The number of aromatic nitrogens is 1. The molecule has 3 aromatic carbocycles. The summed E-state index contributed by atoms with van der Waals surface area (Å²) in [5, 5.41) is 6.19. The molecule has 0 fully saturated rings. The fraction of sp³-hybridized carbons (Fsp3) is 0.250. The van der Waals surface area contributed by atoms with Crippen LogP contribution in [0.2, 0.25) is 0 Å². The average molecular weight is 486 g/mol. The lowest BCUT2D eigenvalue weighted by molar-refractivity contribution is -0.133. The minimum Gasteiger partial charge on any atom is -0.493 e. The number of nitrogens with zero attached hydrogens (tertiary/aromatic N) is 3. The van der Waals surface area contributed by atoms with Gasteiger partial charge in [0.2, 0.25) is 0 Å². The first kappa shape index (κ1) is 23.4. The summed E-state index contributed by atoms with van der Waals surface area (Å²) in [6.45, 7) is 3.74. The van der Waals surface area contributed by atoms with E-state index in [4.69, 9.17) is 19.0 Å². The van der Waals surface area contributed by atoms with Crippen LogP contribution in [0.15, 0.2) is 75.0 Å². The Labute approximate surface area is 208 Å². The average Bonchev–Trinajstić information content (AvgIpc) is 3.45.